The third kappa shape index (κ3) is 4.81. The Balaban J connectivity index is 1.51. The molecule has 1 aliphatic heterocycles. The van der Waals surface area contributed by atoms with Gasteiger partial charge < -0.3 is 15.4 Å². The van der Waals surface area contributed by atoms with Gasteiger partial charge in [-0.1, -0.05) is 0 Å². The molecular weight excluding hydrogens is 259 g/mol. The van der Waals surface area contributed by atoms with E-state index in [0.717, 1.165) is 32.4 Å². The predicted molar refractivity (Wildman–Crippen MR) is 75.1 cm³/mol. The number of hydrogen-bond donors (Lipinski definition) is 2. The molecule has 0 bridgehead atoms. The van der Waals surface area contributed by atoms with E-state index in [9.17, 15) is 9.18 Å². The zero-order chi connectivity index (χ0) is 14.2. The average molecular weight is 280 g/mol. The fourth-order valence-corrected chi connectivity index (χ4v) is 2.18. The van der Waals surface area contributed by atoms with Crippen LogP contribution in [-0.4, -0.2) is 32.1 Å². The minimum Gasteiger partial charge on any atom is -0.494 e. The highest BCUT2D eigenvalue weighted by Gasteiger charge is 2.21. The van der Waals surface area contributed by atoms with Crippen molar-refractivity contribution in [3.63, 3.8) is 0 Å². The Bertz CT molecular complexity index is 416. The van der Waals surface area contributed by atoms with Gasteiger partial charge in [-0.3, -0.25) is 4.79 Å². The number of carbonyl (C=O) groups excluding carboxylic acids is 1. The van der Waals surface area contributed by atoms with Crippen LogP contribution in [0.1, 0.15) is 19.3 Å². The van der Waals surface area contributed by atoms with Crippen LogP contribution < -0.4 is 15.4 Å². The van der Waals surface area contributed by atoms with Gasteiger partial charge in [0.05, 0.1) is 12.5 Å². The van der Waals surface area contributed by atoms with Crippen molar-refractivity contribution in [2.75, 3.05) is 26.2 Å². The van der Waals surface area contributed by atoms with Crippen LogP contribution in [0, 0.1) is 11.7 Å². The average Bonchev–Trinajstić information content (AvgIpc) is 2.98. The van der Waals surface area contributed by atoms with Gasteiger partial charge in [0, 0.05) is 13.1 Å². The first kappa shape index (κ1) is 14.8. The fourth-order valence-electron chi connectivity index (χ4n) is 2.18. The smallest absolute Gasteiger partial charge is 0.224 e. The van der Waals surface area contributed by atoms with Gasteiger partial charge in [-0.15, -0.1) is 0 Å². The van der Waals surface area contributed by atoms with Crippen molar-refractivity contribution in [2.45, 2.75) is 19.3 Å². The van der Waals surface area contributed by atoms with Crippen molar-refractivity contribution >= 4 is 5.91 Å². The Morgan fingerprint density at radius 2 is 2.15 bits per heavy atom. The first-order chi connectivity index (χ1) is 9.75. The Hall–Kier alpha value is -1.62. The number of amides is 1. The summed E-state index contributed by atoms with van der Waals surface area (Å²) in [6.07, 6.45) is 2.67. The molecule has 0 aliphatic carbocycles. The summed E-state index contributed by atoms with van der Waals surface area (Å²) in [5, 5.41) is 6.13. The maximum absolute atomic E-state index is 12.7. The summed E-state index contributed by atoms with van der Waals surface area (Å²) in [7, 11) is 0. The van der Waals surface area contributed by atoms with E-state index in [4.69, 9.17) is 4.74 Å². The van der Waals surface area contributed by atoms with E-state index in [1.165, 1.54) is 12.1 Å². The fraction of sp³-hybridized carbons (Fsp3) is 0.533. The van der Waals surface area contributed by atoms with Gasteiger partial charge >= 0.3 is 0 Å². The van der Waals surface area contributed by atoms with Crippen molar-refractivity contribution in [2.24, 2.45) is 5.92 Å². The molecule has 1 heterocycles. The van der Waals surface area contributed by atoms with Crippen LogP contribution in [0.25, 0.3) is 0 Å². The van der Waals surface area contributed by atoms with Crippen LogP contribution in [0.2, 0.25) is 0 Å². The van der Waals surface area contributed by atoms with Gasteiger partial charge in [0.25, 0.3) is 0 Å². The van der Waals surface area contributed by atoms with Crippen LogP contribution >= 0.6 is 0 Å². The maximum atomic E-state index is 12.7. The summed E-state index contributed by atoms with van der Waals surface area (Å²) in [6.45, 7) is 2.98. The molecule has 110 valence electrons. The molecule has 1 aromatic rings. The van der Waals surface area contributed by atoms with E-state index >= 15 is 0 Å². The molecule has 1 aliphatic rings. The second-order valence-electron chi connectivity index (χ2n) is 4.99. The molecule has 2 rings (SSSR count). The van der Waals surface area contributed by atoms with E-state index < -0.39 is 0 Å². The summed E-state index contributed by atoms with van der Waals surface area (Å²) in [6, 6.07) is 5.99. The molecule has 1 saturated heterocycles. The van der Waals surface area contributed by atoms with Gasteiger partial charge in [-0.25, -0.2) is 4.39 Å². The molecule has 1 amide bonds. The summed E-state index contributed by atoms with van der Waals surface area (Å²) >= 11 is 0. The van der Waals surface area contributed by atoms with Gasteiger partial charge in [0.15, 0.2) is 0 Å². The third-order valence-corrected chi connectivity index (χ3v) is 3.38. The molecule has 20 heavy (non-hydrogen) atoms. The van der Waals surface area contributed by atoms with Crippen LogP contribution in [0.4, 0.5) is 4.39 Å². The predicted octanol–water partition coefficient (Wildman–Crippen LogP) is 1.71. The molecule has 0 radical (unpaired) electrons. The monoisotopic (exact) mass is 280 g/mol. The number of unbranched alkanes of at least 4 members (excludes halogenated alkanes) is 1. The second kappa shape index (κ2) is 7.85. The molecule has 1 atom stereocenters. The van der Waals surface area contributed by atoms with Crippen molar-refractivity contribution in [1.29, 1.82) is 0 Å². The summed E-state index contributed by atoms with van der Waals surface area (Å²) in [5.41, 5.74) is 0. The maximum Gasteiger partial charge on any atom is 0.224 e. The van der Waals surface area contributed by atoms with Crippen LogP contribution in [-0.2, 0) is 4.79 Å². The number of rotatable bonds is 7. The van der Waals surface area contributed by atoms with Crippen molar-refractivity contribution < 1.29 is 13.9 Å². The normalized spacial score (nSPS) is 17.9. The minimum atomic E-state index is -0.263. The second-order valence-corrected chi connectivity index (χ2v) is 4.99. The number of benzene rings is 1. The lowest BCUT2D eigenvalue weighted by Crippen LogP contribution is -2.32. The van der Waals surface area contributed by atoms with E-state index in [-0.39, 0.29) is 17.6 Å². The highest BCUT2D eigenvalue weighted by molar-refractivity contribution is 5.79. The molecule has 5 heteroatoms. The number of hydrogen-bond acceptors (Lipinski definition) is 3. The lowest BCUT2D eigenvalue weighted by Gasteiger charge is -2.10. The number of nitrogens with one attached hydrogen (secondary N) is 2. The van der Waals surface area contributed by atoms with Crippen molar-refractivity contribution in [1.82, 2.24) is 10.6 Å². The lowest BCUT2D eigenvalue weighted by molar-refractivity contribution is -0.124. The van der Waals surface area contributed by atoms with E-state index in [1.54, 1.807) is 12.1 Å². The van der Waals surface area contributed by atoms with Crippen LogP contribution in [0.15, 0.2) is 24.3 Å². The zero-order valence-corrected chi connectivity index (χ0v) is 11.5. The molecule has 0 saturated carbocycles. The summed E-state index contributed by atoms with van der Waals surface area (Å²) in [5.74, 6) is 0.689. The summed E-state index contributed by atoms with van der Waals surface area (Å²) < 4.78 is 18.2. The van der Waals surface area contributed by atoms with Gasteiger partial charge in [0.1, 0.15) is 11.6 Å². The molecule has 4 nitrogen and oxygen atoms in total. The Morgan fingerprint density at radius 3 is 2.85 bits per heavy atom. The topological polar surface area (TPSA) is 50.4 Å². The largest absolute Gasteiger partial charge is 0.494 e. The quantitative estimate of drug-likeness (QED) is 0.748. The molecule has 0 spiro atoms. The van der Waals surface area contributed by atoms with Crippen molar-refractivity contribution in [3.8, 4) is 5.75 Å². The number of halogens is 1. The first-order valence-electron chi connectivity index (χ1n) is 7.12. The van der Waals surface area contributed by atoms with Gasteiger partial charge in [0.2, 0.25) is 5.91 Å². The number of ether oxygens (including phenoxy) is 1. The van der Waals surface area contributed by atoms with Crippen molar-refractivity contribution in [3.05, 3.63) is 30.1 Å². The zero-order valence-electron chi connectivity index (χ0n) is 11.5. The third-order valence-electron chi connectivity index (χ3n) is 3.38. The molecule has 1 aromatic carbocycles. The van der Waals surface area contributed by atoms with Crippen LogP contribution in [0.5, 0.6) is 5.75 Å². The Morgan fingerprint density at radius 1 is 1.35 bits per heavy atom. The first-order valence-corrected chi connectivity index (χ1v) is 7.12. The van der Waals surface area contributed by atoms with Crippen LogP contribution in [0.3, 0.4) is 0 Å². The van der Waals surface area contributed by atoms with E-state index in [0.29, 0.717) is 18.9 Å². The highest BCUT2D eigenvalue weighted by Crippen LogP contribution is 2.11. The van der Waals surface area contributed by atoms with Gasteiger partial charge in [-0.2, -0.15) is 0 Å². The molecule has 0 aromatic heterocycles. The Kier molecular flexibility index (Phi) is 5.80. The van der Waals surface area contributed by atoms with E-state index in [1.807, 2.05) is 0 Å². The van der Waals surface area contributed by atoms with Gasteiger partial charge in [-0.05, 0) is 50.1 Å². The summed E-state index contributed by atoms with van der Waals surface area (Å²) in [4.78, 5) is 11.7. The molecular formula is C15H21FN2O2. The number of carbonyl (C=O) groups is 1. The van der Waals surface area contributed by atoms with E-state index in [2.05, 4.69) is 10.6 Å². The Labute approximate surface area is 118 Å². The lowest BCUT2D eigenvalue weighted by atomic mass is 10.1. The standard InChI is InChI=1S/C15H21FN2O2/c16-13-3-5-14(6-4-13)20-10-2-1-8-18-15(19)12-7-9-17-11-12/h3-6,12,17H,1-2,7-11H2,(H,18,19). The molecule has 1 fully saturated rings. The minimum absolute atomic E-state index is 0.130. The molecule has 1 unspecified atom stereocenters. The molecule has 2 N–H and O–H groups in total. The SMILES string of the molecule is O=C(NCCCCOc1ccc(F)cc1)C1CCNC1. The highest BCUT2D eigenvalue weighted by atomic mass is 19.1.